The van der Waals surface area contributed by atoms with Crippen LogP contribution in [0.5, 0.6) is 0 Å². The van der Waals surface area contributed by atoms with Crippen LogP contribution in [0.2, 0.25) is 0 Å². The molecule has 9 heteroatoms. The summed E-state index contributed by atoms with van der Waals surface area (Å²) in [4.78, 5) is 24.6. The number of aromatic nitrogens is 3. The number of nitriles is 1. The van der Waals surface area contributed by atoms with Gasteiger partial charge in [0, 0.05) is 12.4 Å². The summed E-state index contributed by atoms with van der Waals surface area (Å²) in [6.07, 6.45) is 3.21. The molecule has 1 aromatic carbocycles. The summed E-state index contributed by atoms with van der Waals surface area (Å²) in [5.41, 5.74) is 0.306. The Labute approximate surface area is 170 Å². The van der Waals surface area contributed by atoms with Crippen LogP contribution in [-0.4, -0.2) is 33.8 Å². The van der Waals surface area contributed by atoms with E-state index in [1.54, 1.807) is 29.1 Å². The Morgan fingerprint density at radius 1 is 1.23 bits per heavy atom. The number of carbonyl (C=O) groups is 2. The van der Waals surface area contributed by atoms with Gasteiger partial charge in [-0.05, 0) is 37.3 Å². The summed E-state index contributed by atoms with van der Waals surface area (Å²) in [6, 6.07) is 8.79. The number of hydrogen-bond acceptors (Lipinski definition) is 6. The van der Waals surface area contributed by atoms with E-state index in [0.29, 0.717) is 11.4 Å². The third-order valence-corrected chi connectivity index (χ3v) is 3.99. The molecule has 3 rings (SSSR count). The molecule has 0 radical (unpaired) electrons. The Morgan fingerprint density at radius 2 is 2.03 bits per heavy atom. The Balaban J connectivity index is 1.89. The first-order chi connectivity index (χ1) is 14.5. The second-order valence-corrected chi connectivity index (χ2v) is 5.89. The fraction of sp³-hybridized carbons (Fsp3) is 0.0952. The number of amides is 1. The maximum Gasteiger partial charge on any atom is 0.340 e. The second kappa shape index (κ2) is 8.67. The number of anilines is 1. The first-order valence-electron chi connectivity index (χ1n) is 8.55. The van der Waals surface area contributed by atoms with Crippen LogP contribution in [0.25, 0.3) is 5.82 Å². The molecule has 0 bridgehead atoms. The number of carbonyl (C=O) groups excluding carboxylic acids is 2. The van der Waals surface area contributed by atoms with Gasteiger partial charge in [0.25, 0.3) is 5.91 Å². The summed E-state index contributed by atoms with van der Waals surface area (Å²) in [5, 5.41) is 19.2. The number of methoxy groups -OCH3 is 1. The van der Waals surface area contributed by atoms with Gasteiger partial charge in [-0.2, -0.15) is 5.26 Å². The van der Waals surface area contributed by atoms with Gasteiger partial charge in [-0.15, -0.1) is 16.1 Å². The summed E-state index contributed by atoms with van der Waals surface area (Å²) in [6.45, 7) is 1.54. The molecule has 0 aliphatic carbocycles. The van der Waals surface area contributed by atoms with Crippen molar-refractivity contribution >= 4 is 17.6 Å². The SMILES string of the molecule is CC#Cc1cc(NC(=O)c2ccc(-n3ccc(C#N)c3)nn2)c(C(=O)OC)cc1F. The molecule has 0 aliphatic rings. The number of halogens is 1. The van der Waals surface area contributed by atoms with Crippen molar-refractivity contribution < 1.29 is 18.7 Å². The van der Waals surface area contributed by atoms with Gasteiger partial charge in [-0.1, -0.05) is 5.92 Å². The van der Waals surface area contributed by atoms with Crippen LogP contribution in [0.15, 0.2) is 42.7 Å². The number of ether oxygens (including phenoxy) is 1. The number of benzene rings is 1. The normalized spacial score (nSPS) is 9.80. The highest BCUT2D eigenvalue weighted by Crippen LogP contribution is 2.22. The summed E-state index contributed by atoms with van der Waals surface area (Å²) in [7, 11) is 1.15. The number of nitrogens with zero attached hydrogens (tertiary/aromatic N) is 4. The van der Waals surface area contributed by atoms with Crippen molar-refractivity contribution in [1.82, 2.24) is 14.8 Å². The number of esters is 1. The topological polar surface area (TPSA) is 110 Å². The Kier molecular flexibility index (Phi) is 5.85. The van der Waals surface area contributed by atoms with Crippen molar-refractivity contribution in [3.8, 4) is 23.7 Å². The average molecular weight is 403 g/mol. The third-order valence-electron chi connectivity index (χ3n) is 3.99. The molecule has 0 unspecified atom stereocenters. The molecule has 8 nitrogen and oxygen atoms in total. The maximum absolute atomic E-state index is 14.1. The van der Waals surface area contributed by atoms with E-state index in [0.717, 1.165) is 13.2 Å². The summed E-state index contributed by atoms with van der Waals surface area (Å²) in [5.74, 6) is 3.35. The maximum atomic E-state index is 14.1. The molecule has 30 heavy (non-hydrogen) atoms. The van der Waals surface area contributed by atoms with Crippen molar-refractivity contribution in [1.29, 1.82) is 5.26 Å². The molecule has 0 fully saturated rings. The van der Waals surface area contributed by atoms with Crippen molar-refractivity contribution in [2.24, 2.45) is 0 Å². The highest BCUT2D eigenvalue weighted by molar-refractivity contribution is 6.07. The smallest absolute Gasteiger partial charge is 0.340 e. The van der Waals surface area contributed by atoms with Crippen molar-refractivity contribution in [2.45, 2.75) is 6.92 Å². The lowest BCUT2D eigenvalue weighted by molar-refractivity contribution is 0.0601. The highest BCUT2D eigenvalue weighted by Gasteiger charge is 2.19. The largest absolute Gasteiger partial charge is 0.465 e. The van der Waals surface area contributed by atoms with E-state index in [-0.39, 0.29) is 22.5 Å². The fourth-order valence-electron chi connectivity index (χ4n) is 2.56. The molecular formula is C21H14FN5O3. The molecule has 0 aliphatic heterocycles. The molecule has 2 aromatic heterocycles. The molecule has 148 valence electrons. The lowest BCUT2D eigenvalue weighted by Crippen LogP contribution is -2.18. The number of rotatable bonds is 4. The first-order valence-corrected chi connectivity index (χ1v) is 8.55. The van der Waals surface area contributed by atoms with E-state index >= 15 is 0 Å². The molecule has 3 aromatic rings. The highest BCUT2D eigenvalue weighted by atomic mass is 19.1. The standard InChI is InChI=1S/C21H14FN5O3/c1-3-4-14-9-18(15(10-16(14)22)21(29)30-2)24-20(28)17-5-6-19(26-25-17)27-8-7-13(11-23)12-27/h5-10,12H,1-2H3,(H,24,28). The predicted molar refractivity (Wildman–Crippen MR) is 104 cm³/mol. The fourth-order valence-corrected chi connectivity index (χ4v) is 2.56. The van der Waals surface area contributed by atoms with E-state index < -0.39 is 17.7 Å². The monoisotopic (exact) mass is 403 g/mol. The van der Waals surface area contributed by atoms with Gasteiger partial charge in [0.1, 0.15) is 11.9 Å². The molecule has 2 heterocycles. The van der Waals surface area contributed by atoms with E-state index in [9.17, 15) is 14.0 Å². The average Bonchev–Trinajstić information content (AvgIpc) is 3.25. The van der Waals surface area contributed by atoms with Crippen molar-refractivity contribution in [3.05, 3.63) is 70.9 Å². The first kappa shape index (κ1) is 20.2. The van der Waals surface area contributed by atoms with Crippen LogP contribution in [0.3, 0.4) is 0 Å². The molecule has 1 N–H and O–H groups in total. The second-order valence-electron chi connectivity index (χ2n) is 5.89. The Bertz CT molecular complexity index is 1230. The Hall–Kier alpha value is -4.50. The van der Waals surface area contributed by atoms with E-state index in [1.807, 2.05) is 6.07 Å². The zero-order chi connectivity index (χ0) is 21.7. The van der Waals surface area contributed by atoms with Gasteiger partial charge in [0.2, 0.25) is 0 Å². The van der Waals surface area contributed by atoms with E-state index in [1.165, 1.54) is 19.1 Å². The minimum atomic E-state index is -0.817. The zero-order valence-electron chi connectivity index (χ0n) is 15.9. The van der Waals surface area contributed by atoms with Crippen LogP contribution in [0, 0.1) is 29.0 Å². The van der Waals surface area contributed by atoms with Crippen LogP contribution < -0.4 is 5.32 Å². The molecule has 0 atom stereocenters. The van der Waals surface area contributed by atoms with Gasteiger partial charge in [-0.3, -0.25) is 4.79 Å². The molecule has 0 saturated carbocycles. The van der Waals surface area contributed by atoms with Crippen LogP contribution in [0.1, 0.15) is 38.9 Å². The Morgan fingerprint density at radius 3 is 2.63 bits per heavy atom. The summed E-state index contributed by atoms with van der Waals surface area (Å²) < 4.78 is 20.4. The lowest BCUT2D eigenvalue weighted by Gasteiger charge is -2.11. The minimum Gasteiger partial charge on any atom is -0.465 e. The van der Waals surface area contributed by atoms with Gasteiger partial charge >= 0.3 is 5.97 Å². The van der Waals surface area contributed by atoms with Gasteiger partial charge in [-0.25, -0.2) is 9.18 Å². The number of hydrogen-bond donors (Lipinski definition) is 1. The van der Waals surface area contributed by atoms with Crippen molar-refractivity contribution in [2.75, 3.05) is 12.4 Å². The molecule has 1 amide bonds. The van der Waals surface area contributed by atoms with Gasteiger partial charge in [0.15, 0.2) is 11.5 Å². The van der Waals surface area contributed by atoms with Crippen LogP contribution in [0.4, 0.5) is 10.1 Å². The quantitative estimate of drug-likeness (QED) is 0.530. The minimum absolute atomic E-state index is 0.0165. The molecular weight excluding hydrogens is 389 g/mol. The summed E-state index contributed by atoms with van der Waals surface area (Å²) >= 11 is 0. The third kappa shape index (κ3) is 4.16. The van der Waals surface area contributed by atoms with Gasteiger partial charge < -0.3 is 14.6 Å². The van der Waals surface area contributed by atoms with Crippen LogP contribution >= 0.6 is 0 Å². The van der Waals surface area contributed by atoms with Crippen molar-refractivity contribution in [3.63, 3.8) is 0 Å². The van der Waals surface area contributed by atoms with Crippen LogP contribution in [-0.2, 0) is 4.74 Å². The zero-order valence-corrected chi connectivity index (χ0v) is 15.9. The molecule has 0 spiro atoms. The predicted octanol–water partition coefficient (Wildman–Crippen LogP) is 2.69. The molecule has 0 saturated heterocycles. The number of nitrogens with one attached hydrogen (secondary N) is 1. The van der Waals surface area contributed by atoms with E-state index in [2.05, 4.69) is 32.1 Å². The van der Waals surface area contributed by atoms with Gasteiger partial charge in [0.05, 0.1) is 29.5 Å². The lowest BCUT2D eigenvalue weighted by atomic mass is 10.1. The van der Waals surface area contributed by atoms with E-state index in [4.69, 9.17) is 5.26 Å².